The van der Waals surface area contributed by atoms with Crippen molar-refractivity contribution in [3.05, 3.63) is 35.4 Å². The molecule has 0 saturated carbocycles. The second-order valence-electron chi connectivity index (χ2n) is 4.95. The van der Waals surface area contributed by atoms with Gasteiger partial charge in [-0.2, -0.15) is 0 Å². The summed E-state index contributed by atoms with van der Waals surface area (Å²) in [7, 11) is 0. The van der Waals surface area contributed by atoms with Gasteiger partial charge in [-0.15, -0.1) is 0 Å². The number of nitrogens with two attached hydrogens (primary N) is 1. The molecular formula is C15H24N2O. The van der Waals surface area contributed by atoms with Crippen LogP contribution in [0.15, 0.2) is 24.3 Å². The molecule has 0 fully saturated rings. The summed E-state index contributed by atoms with van der Waals surface area (Å²) in [6.45, 7) is 6.76. The smallest absolute Gasteiger partial charge is 0.220 e. The molecule has 2 unspecified atom stereocenters. The van der Waals surface area contributed by atoms with Crippen LogP contribution >= 0.6 is 0 Å². The van der Waals surface area contributed by atoms with Crippen molar-refractivity contribution in [1.82, 2.24) is 5.32 Å². The van der Waals surface area contributed by atoms with E-state index in [0.29, 0.717) is 18.9 Å². The van der Waals surface area contributed by atoms with Gasteiger partial charge in [0.15, 0.2) is 0 Å². The normalized spacial score (nSPS) is 14.0. The second-order valence-corrected chi connectivity index (χ2v) is 4.95. The topological polar surface area (TPSA) is 55.1 Å². The SMILES string of the molecule is CCC(C)CC(=O)NC(C)c1ccc(CN)cc1. The molecule has 1 amide bonds. The molecule has 1 aromatic carbocycles. The molecule has 3 N–H and O–H groups in total. The van der Waals surface area contributed by atoms with Crippen molar-refractivity contribution in [2.75, 3.05) is 0 Å². The first kappa shape index (κ1) is 14.7. The molecule has 1 aromatic rings. The van der Waals surface area contributed by atoms with Crippen molar-refractivity contribution >= 4 is 5.91 Å². The number of rotatable bonds is 6. The molecule has 0 bridgehead atoms. The lowest BCUT2D eigenvalue weighted by molar-refractivity contribution is -0.122. The highest BCUT2D eigenvalue weighted by atomic mass is 16.1. The van der Waals surface area contributed by atoms with E-state index in [1.165, 1.54) is 0 Å². The summed E-state index contributed by atoms with van der Waals surface area (Å²) in [5.41, 5.74) is 7.78. The molecule has 0 aliphatic rings. The van der Waals surface area contributed by atoms with E-state index in [2.05, 4.69) is 19.2 Å². The van der Waals surface area contributed by atoms with Crippen LogP contribution in [-0.4, -0.2) is 5.91 Å². The van der Waals surface area contributed by atoms with Gasteiger partial charge in [-0.25, -0.2) is 0 Å². The van der Waals surface area contributed by atoms with Crippen molar-refractivity contribution < 1.29 is 4.79 Å². The highest BCUT2D eigenvalue weighted by Crippen LogP contribution is 2.14. The van der Waals surface area contributed by atoms with Crippen molar-refractivity contribution in [1.29, 1.82) is 0 Å². The van der Waals surface area contributed by atoms with Crippen LogP contribution in [0.25, 0.3) is 0 Å². The van der Waals surface area contributed by atoms with E-state index in [9.17, 15) is 4.79 Å². The standard InChI is InChI=1S/C15H24N2O/c1-4-11(2)9-15(18)17-12(3)14-7-5-13(10-16)6-8-14/h5-8,11-12H,4,9-10,16H2,1-3H3,(H,17,18). The van der Waals surface area contributed by atoms with Crippen LogP contribution < -0.4 is 11.1 Å². The fraction of sp³-hybridized carbons (Fsp3) is 0.533. The summed E-state index contributed by atoms with van der Waals surface area (Å²) in [5.74, 6) is 0.566. The molecule has 0 aromatic heterocycles. The molecule has 3 heteroatoms. The number of nitrogens with one attached hydrogen (secondary N) is 1. The van der Waals surface area contributed by atoms with E-state index >= 15 is 0 Å². The monoisotopic (exact) mass is 248 g/mol. The molecule has 0 aliphatic carbocycles. The largest absolute Gasteiger partial charge is 0.350 e. The van der Waals surface area contributed by atoms with Crippen LogP contribution in [0.4, 0.5) is 0 Å². The lowest BCUT2D eigenvalue weighted by atomic mass is 10.0. The maximum Gasteiger partial charge on any atom is 0.220 e. The molecule has 100 valence electrons. The van der Waals surface area contributed by atoms with E-state index in [1.54, 1.807) is 0 Å². The summed E-state index contributed by atoms with van der Waals surface area (Å²) < 4.78 is 0. The first-order chi connectivity index (χ1) is 8.56. The minimum absolute atomic E-state index is 0.0494. The van der Waals surface area contributed by atoms with Gasteiger partial charge in [0.1, 0.15) is 0 Å². The fourth-order valence-corrected chi connectivity index (χ4v) is 1.79. The Kier molecular flexibility index (Phi) is 5.86. The maximum absolute atomic E-state index is 11.8. The Morgan fingerprint density at radius 2 is 1.89 bits per heavy atom. The van der Waals surface area contributed by atoms with Gasteiger partial charge >= 0.3 is 0 Å². The molecule has 0 aliphatic heterocycles. The number of amides is 1. The Balaban J connectivity index is 2.53. The van der Waals surface area contributed by atoms with E-state index in [0.717, 1.165) is 17.5 Å². The van der Waals surface area contributed by atoms with E-state index in [4.69, 9.17) is 5.73 Å². The number of carbonyl (C=O) groups excluding carboxylic acids is 1. The Bertz CT molecular complexity index is 373. The zero-order chi connectivity index (χ0) is 13.5. The van der Waals surface area contributed by atoms with Crippen molar-refractivity contribution in [3.63, 3.8) is 0 Å². The van der Waals surface area contributed by atoms with Gasteiger partial charge in [0, 0.05) is 13.0 Å². The summed E-state index contributed by atoms with van der Waals surface area (Å²) in [6, 6.07) is 8.11. The van der Waals surface area contributed by atoms with Crippen LogP contribution in [0.1, 0.15) is 50.8 Å². The van der Waals surface area contributed by atoms with Crippen LogP contribution in [0.2, 0.25) is 0 Å². The first-order valence-electron chi connectivity index (χ1n) is 6.65. The number of benzene rings is 1. The third kappa shape index (κ3) is 4.49. The molecular weight excluding hydrogens is 224 g/mol. The van der Waals surface area contributed by atoms with Gasteiger partial charge in [-0.1, -0.05) is 44.5 Å². The van der Waals surface area contributed by atoms with Gasteiger partial charge in [0.2, 0.25) is 5.91 Å². The Hall–Kier alpha value is -1.35. The highest BCUT2D eigenvalue weighted by molar-refractivity contribution is 5.76. The molecule has 0 radical (unpaired) electrons. The molecule has 0 saturated heterocycles. The fourth-order valence-electron chi connectivity index (χ4n) is 1.79. The predicted molar refractivity (Wildman–Crippen MR) is 75.0 cm³/mol. The summed E-state index contributed by atoms with van der Waals surface area (Å²) in [5, 5.41) is 3.03. The Morgan fingerprint density at radius 3 is 2.39 bits per heavy atom. The molecule has 18 heavy (non-hydrogen) atoms. The average Bonchev–Trinajstić information content (AvgIpc) is 2.38. The second kappa shape index (κ2) is 7.17. The van der Waals surface area contributed by atoms with Crippen molar-refractivity contribution in [3.8, 4) is 0 Å². The molecule has 0 spiro atoms. The minimum Gasteiger partial charge on any atom is -0.350 e. The quantitative estimate of drug-likeness (QED) is 0.813. The first-order valence-corrected chi connectivity index (χ1v) is 6.65. The number of hydrogen-bond donors (Lipinski definition) is 2. The zero-order valence-corrected chi connectivity index (χ0v) is 11.6. The van der Waals surface area contributed by atoms with E-state index < -0.39 is 0 Å². The summed E-state index contributed by atoms with van der Waals surface area (Å²) in [6.07, 6.45) is 1.63. The van der Waals surface area contributed by atoms with Crippen LogP contribution in [-0.2, 0) is 11.3 Å². The minimum atomic E-state index is 0.0494. The van der Waals surface area contributed by atoms with Gasteiger partial charge in [0.25, 0.3) is 0 Å². The van der Waals surface area contributed by atoms with Crippen LogP contribution in [0.5, 0.6) is 0 Å². The van der Waals surface area contributed by atoms with Crippen LogP contribution in [0, 0.1) is 5.92 Å². The van der Waals surface area contributed by atoms with Crippen molar-refractivity contribution in [2.24, 2.45) is 11.7 Å². The zero-order valence-electron chi connectivity index (χ0n) is 11.6. The van der Waals surface area contributed by atoms with E-state index in [1.807, 2.05) is 31.2 Å². The molecule has 2 atom stereocenters. The average molecular weight is 248 g/mol. The predicted octanol–water partition coefficient (Wildman–Crippen LogP) is 2.76. The third-order valence-electron chi connectivity index (χ3n) is 3.32. The molecule has 0 heterocycles. The summed E-state index contributed by atoms with van der Waals surface area (Å²) in [4.78, 5) is 11.8. The van der Waals surface area contributed by atoms with Gasteiger partial charge in [-0.3, -0.25) is 4.79 Å². The third-order valence-corrected chi connectivity index (χ3v) is 3.32. The molecule has 1 rings (SSSR count). The number of carbonyl (C=O) groups is 1. The Morgan fingerprint density at radius 1 is 1.28 bits per heavy atom. The van der Waals surface area contributed by atoms with E-state index in [-0.39, 0.29) is 11.9 Å². The lowest BCUT2D eigenvalue weighted by Gasteiger charge is -2.16. The Labute approximate surface area is 110 Å². The summed E-state index contributed by atoms with van der Waals surface area (Å²) >= 11 is 0. The maximum atomic E-state index is 11.8. The highest BCUT2D eigenvalue weighted by Gasteiger charge is 2.11. The molecule has 3 nitrogen and oxygen atoms in total. The van der Waals surface area contributed by atoms with Crippen molar-refractivity contribution in [2.45, 2.75) is 46.2 Å². The number of hydrogen-bond acceptors (Lipinski definition) is 2. The van der Waals surface area contributed by atoms with Gasteiger partial charge < -0.3 is 11.1 Å². The van der Waals surface area contributed by atoms with Gasteiger partial charge in [0.05, 0.1) is 6.04 Å². The van der Waals surface area contributed by atoms with Gasteiger partial charge in [-0.05, 0) is 24.0 Å². The lowest BCUT2D eigenvalue weighted by Crippen LogP contribution is -2.27. The van der Waals surface area contributed by atoms with Crippen LogP contribution in [0.3, 0.4) is 0 Å².